The van der Waals surface area contributed by atoms with Gasteiger partial charge in [0.1, 0.15) is 0 Å². The molecule has 0 N–H and O–H groups in total. The summed E-state index contributed by atoms with van der Waals surface area (Å²) in [5, 5.41) is 0. The van der Waals surface area contributed by atoms with E-state index in [1.165, 1.54) is 6.92 Å². The highest BCUT2D eigenvalue weighted by Gasteiger charge is 2.61. The van der Waals surface area contributed by atoms with Crippen molar-refractivity contribution in [2.45, 2.75) is 44.1 Å². The van der Waals surface area contributed by atoms with E-state index in [1.807, 2.05) is 0 Å². The van der Waals surface area contributed by atoms with Crippen LogP contribution >= 0.6 is 0 Å². The van der Waals surface area contributed by atoms with Crippen LogP contribution in [0.2, 0.25) is 0 Å². The van der Waals surface area contributed by atoms with Gasteiger partial charge in [0.25, 0.3) is 0 Å². The van der Waals surface area contributed by atoms with Crippen LogP contribution in [-0.4, -0.2) is 36.9 Å². The number of carbonyl (C=O) groups excluding carboxylic acids is 1. The van der Waals surface area contributed by atoms with Crippen LogP contribution in [0, 0.1) is 0 Å². The molecule has 0 saturated carbocycles. The molecule has 1 heterocycles. The van der Waals surface area contributed by atoms with Crippen LogP contribution in [0.25, 0.3) is 0 Å². The minimum atomic E-state index is -5.57. The zero-order chi connectivity index (χ0) is 14.8. The normalized spacial score (nSPS) is 23.1. The Bertz CT molecular complexity index is 364. The van der Waals surface area contributed by atoms with Gasteiger partial charge >= 0.3 is 18.1 Å². The van der Waals surface area contributed by atoms with Gasteiger partial charge in [0.15, 0.2) is 0 Å². The Balaban J connectivity index is 2.26. The fourth-order valence-corrected chi connectivity index (χ4v) is 1.37. The van der Waals surface area contributed by atoms with Crippen molar-refractivity contribution in [2.24, 2.45) is 0 Å². The predicted molar refractivity (Wildman–Crippen MR) is 54.7 cm³/mol. The molecule has 1 saturated heterocycles. The van der Waals surface area contributed by atoms with Gasteiger partial charge in [-0.05, 0) is 6.92 Å². The minimum Gasteiger partial charge on any atom is -0.462 e. The summed E-state index contributed by atoms with van der Waals surface area (Å²) in [5.74, 6) is -5.40. The summed E-state index contributed by atoms with van der Waals surface area (Å²) in [6, 6.07) is 0. The molecule has 0 aromatic rings. The zero-order valence-corrected chi connectivity index (χ0v) is 10.1. The summed E-state index contributed by atoms with van der Waals surface area (Å²) in [4.78, 5) is 11.0. The molecule has 3 nitrogen and oxygen atoms in total. The second kappa shape index (κ2) is 5.44. The van der Waals surface area contributed by atoms with Crippen LogP contribution < -0.4 is 0 Å². The highest BCUT2D eigenvalue weighted by Crippen LogP contribution is 2.43. The van der Waals surface area contributed by atoms with Crippen molar-refractivity contribution < 1.29 is 36.2 Å². The van der Waals surface area contributed by atoms with Crippen LogP contribution in [-0.2, 0) is 14.3 Å². The first-order valence-electron chi connectivity index (χ1n) is 5.47. The number of alkyl halides is 5. The van der Waals surface area contributed by atoms with E-state index in [1.54, 1.807) is 0 Å². The van der Waals surface area contributed by atoms with E-state index in [4.69, 9.17) is 4.74 Å². The lowest BCUT2D eigenvalue weighted by Gasteiger charge is -2.18. The topological polar surface area (TPSA) is 38.8 Å². The van der Waals surface area contributed by atoms with Crippen molar-refractivity contribution >= 4 is 5.97 Å². The molecule has 0 amide bonds. The first-order chi connectivity index (χ1) is 8.54. The Morgan fingerprint density at radius 3 is 2.32 bits per heavy atom. The largest absolute Gasteiger partial charge is 0.462 e. The number of ether oxygens (including phenoxy) is 2. The zero-order valence-electron chi connectivity index (χ0n) is 10.1. The molecule has 1 fully saturated rings. The number of epoxide rings is 1. The highest BCUT2D eigenvalue weighted by atomic mass is 19.4. The molecule has 2 atom stereocenters. The number of esters is 1. The number of hydrogen-bond donors (Lipinski definition) is 0. The first-order valence-corrected chi connectivity index (χ1v) is 5.47. The van der Waals surface area contributed by atoms with Gasteiger partial charge in [0.05, 0.1) is 18.8 Å². The van der Waals surface area contributed by atoms with Crippen LogP contribution in [0.4, 0.5) is 22.0 Å². The molecule has 110 valence electrons. The number of hydrogen-bond acceptors (Lipinski definition) is 3. The fourth-order valence-electron chi connectivity index (χ4n) is 1.37. The summed E-state index contributed by atoms with van der Waals surface area (Å²) < 4.78 is 70.4. The summed E-state index contributed by atoms with van der Waals surface area (Å²) in [6.07, 6.45) is -8.78. The van der Waals surface area contributed by atoms with Crippen molar-refractivity contribution in [1.29, 1.82) is 0 Å². The van der Waals surface area contributed by atoms with Crippen LogP contribution in [0.5, 0.6) is 0 Å². The average molecular weight is 288 g/mol. The molecular formula is C11H13F5O3. The fraction of sp³-hybridized carbons (Fsp3) is 0.727. The predicted octanol–water partition coefficient (Wildman–Crippen LogP) is 2.85. The van der Waals surface area contributed by atoms with Gasteiger partial charge in [0, 0.05) is 18.4 Å². The number of rotatable bonds is 6. The molecule has 0 spiro atoms. The monoisotopic (exact) mass is 288 g/mol. The Labute approximate surface area is 106 Å². The lowest BCUT2D eigenvalue weighted by Crippen LogP contribution is -2.37. The lowest BCUT2D eigenvalue weighted by atomic mass is 10.1. The standard InChI is InChI=1S/C11H13F5O3/c1-6(2)9(17)18-4-3-7-8(19-7)5-10(12,13)11(14,15)16/h7-8H,1,3-5H2,2H3. The van der Waals surface area contributed by atoms with Crippen molar-refractivity contribution in [1.82, 2.24) is 0 Å². The molecule has 0 aromatic carbocycles. The third kappa shape index (κ3) is 4.45. The Morgan fingerprint density at radius 1 is 1.26 bits per heavy atom. The number of halogens is 5. The van der Waals surface area contributed by atoms with Gasteiger partial charge in [-0.3, -0.25) is 0 Å². The maximum Gasteiger partial charge on any atom is 0.453 e. The molecule has 1 aliphatic heterocycles. The third-order valence-corrected chi connectivity index (χ3v) is 2.54. The Morgan fingerprint density at radius 2 is 1.84 bits per heavy atom. The second-order valence-electron chi connectivity index (χ2n) is 4.32. The molecule has 19 heavy (non-hydrogen) atoms. The maximum absolute atomic E-state index is 12.6. The highest BCUT2D eigenvalue weighted by molar-refractivity contribution is 5.86. The molecule has 0 bridgehead atoms. The van der Waals surface area contributed by atoms with E-state index >= 15 is 0 Å². The van der Waals surface area contributed by atoms with E-state index in [2.05, 4.69) is 11.3 Å². The SMILES string of the molecule is C=C(C)C(=O)OCCC1OC1CC(F)(F)C(F)(F)F. The first kappa shape index (κ1) is 15.9. The molecule has 2 unspecified atom stereocenters. The van der Waals surface area contributed by atoms with Gasteiger partial charge in [-0.2, -0.15) is 22.0 Å². The van der Waals surface area contributed by atoms with Gasteiger partial charge in [-0.1, -0.05) is 6.58 Å². The molecule has 1 aliphatic rings. The van der Waals surface area contributed by atoms with E-state index in [9.17, 15) is 26.7 Å². The summed E-state index contributed by atoms with van der Waals surface area (Å²) in [7, 11) is 0. The maximum atomic E-state index is 12.6. The smallest absolute Gasteiger partial charge is 0.453 e. The molecule has 0 aliphatic carbocycles. The quantitative estimate of drug-likeness (QED) is 0.326. The van der Waals surface area contributed by atoms with Crippen molar-refractivity contribution in [3.63, 3.8) is 0 Å². The Kier molecular flexibility index (Phi) is 4.54. The summed E-state index contributed by atoms with van der Waals surface area (Å²) >= 11 is 0. The van der Waals surface area contributed by atoms with Gasteiger partial charge in [-0.25, -0.2) is 4.79 Å². The summed E-state index contributed by atoms with van der Waals surface area (Å²) in [5.41, 5.74) is 0.178. The lowest BCUT2D eigenvalue weighted by molar-refractivity contribution is -0.285. The Hall–Kier alpha value is -1.18. The molecule has 0 aromatic heterocycles. The molecule has 8 heteroatoms. The molecule has 1 rings (SSSR count). The van der Waals surface area contributed by atoms with Crippen LogP contribution in [0.1, 0.15) is 19.8 Å². The van der Waals surface area contributed by atoms with Crippen LogP contribution in [0.15, 0.2) is 12.2 Å². The van der Waals surface area contributed by atoms with E-state index in [0.29, 0.717) is 0 Å². The molecular weight excluding hydrogens is 275 g/mol. The van der Waals surface area contributed by atoms with E-state index in [-0.39, 0.29) is 18.6 Å². The van der Waals surface area contributed by atoms with Gasteiger partial charge in [-0.15, -0.1) is 0 Å². The van der Waals surface area contributed by atoms with Gasteiger partial charge in [0.2, 0.25) is 0 Å². The minimum absolute atomic E-state index is 0.0810. The van der Waals surface area contributed by atoms with Crippen molar-refractivity contribution in [3.05, 3.63) is 12.2 Å². The van der Waals surface area contributed by atoms with E-state index < -0.39 is 36.7 Å². The van der Waals surface area contributed by atoms with Gasteiger partial charge < -0.3 is 9.47 Å². The van der Waals surface area contributed by atoms with Crippen molar-refractivity contribution in [2.75, 3.05) is 6.61 Å². The average Bonchev–Trinajstić information content (AvgIpc) is 2.93. The summed E-state index contributed by atoms with van der Waals surface area (Å²) in [6.45, 7) is 4.66. The molecule has 0 radical (unpaired) electrons. The second-order valence-corrected chi connectivity index (χ2v) is 4.32. The van der Waals surface area contributed by atoms with Crippen molar-refractivity contribution in [3.8, 4) is 0 Å². The number of carbonyl (C=O) groups is 1. The van der Waals surface area contributed by atoms with Crippen LogP contribution in [0.3, 0.4) is 0 Å². The third-order valence-electron chi connectivity index (χ3n) is 2.54. The van der Waals surface area contributed by atoms with E-state index in [0.717, 1.165) is 0 Å².